The lowest BCUT2D eigenvalue weighted by atomic mass is 10.1. The Balaban J connectivity index is 1.95. The van der Waals surface area contributed by atoms with Crippen LogP contribution in [0.1, 0.15) is 41.2 Å². The first-order valence-electron chi connectivity index (χ1n) is 8.25. The van der Waals surface area contributed by atoms with Crippen molar-refractivity contribution in [3.63, 3.8) is 0 Å². The van der Waals surface area contributed by atoms with E-state index in [9.17, 15) is 14.0 Å². The summed E-state index contributed by atoms with van der Waals surface area (Å²) in [4.78, 5) is 24.0. The van der Waals surface area contributed by atoms with Gasteiger partial charge in [-0.05, 0) is 44.0 Å². The molecule has 0 aliphatic heterocycles. The summed E-state index contributed by atoms with van der Waals surface area (Å²) < 4.78 is 19.8. The van der Waals surface area contributed by atoms with Crippen molar-refractivity contribution in [1.29, 1.82) is 0 Å². The molecule has 6 heteroatoms. The second-order valence-electron chi connectivity index (χ2n) is 6.49. The number of carbonyl (C=O) groups is 2. The molecule has 2 rings (SSSR count). The molecule has 1 heterocycles. The zero-order valence-electron chi connectivity index (χ0n) is 15.0. The summed E-state index contributed by atoms with van der Waals surface area (Å²) in [6.45, 7) is 8.41. The smallest absolute Gasteiger partial charge is 0.310 e. The number of hydrogen-bond donors (Lipinski definition) is 0. The lowest BCUT2D eigenvalue weighted by molar-refractivity contribution is -0.141. The molecule has 1 aromatic carbocycles. The molecular formula is C19H23FN2O3. The van der Waals surface area contributed by atoms with Crippen molar-refractivity contribution >= 4 is 11.8 Å². The third-order valence-corrected chi connectivity index (χ3v) is 3.92. The molecule has 0 saturated heterocycles. The Morgan fingerprint density at radius 1 is 1.20 bits per heavy atom. The van der Waals surface area contributed by atoms with Gasteiger partial charge in [0.05, 0.1) is 12.1 Å². The largest absolute Gasteiger partial charge is 0.457 e. The molecule has 0 fully saturated rings. The zero-order chi connectivity index (χ0) is 18.6. The standard InChI is InChI=1S/C19H23FN2O3/c1-12(2)10-22-14(4)17(13(3)21-22)9-19(24)25-11-18(23)15-5-7-16(20)8-6-15/h5-8,12H,9-11H2,1-4H3. The molecule has 134 valence electrons. The molecule has 0 spiro atoms. The fourth-order valence-corrected chi connectivity index (χ4v) is 2.57. The Hall–Kier alpha value is -2.50. The van der Waals surface area contributed by atoms with Crippen LogP contribution in [0.4, 0.5) is 4.39 Å². The molecule has 0 radical (unpaired) electrons. The lowest BCUT2D eigenvalue weighted by Crippen LogP contribution is -2.16. The molecule has 0 unspecified atom stereocenters. The molecule has 0 amide bonds. The molecule has 1 aromatic heterocycles. The van der Waals surface area contributed by atoms with Crippen LogP contribution >= 0.6 is 0 Å². The van der Waals surface area contributed by atoms with Crippen LogP contribution in [0, 0.1) is 25.6 Å². The average Bonchev–Trinajstić information content (AvgIpc) is 2.80. The summed E-state index contributed by atoms with van der Waals surface area (Å²) in [6.07, 6.45) is 0.0759. The van der Waals surface area contributed by atoms with Crippen molar-refractivity contribution in [2.75, 3.05) is 6.61 Å². The number of benzene rings is 1. The fraction of sp³-hybridized carbons (Fsp3) is 0.421. The van der Waals surface area contributed by atoms with E-state index < -0.39 is 11.8 Å². The minimum atomic E-state index is -0.481. The molecule has 0 aliphatic rings. The number of hydrogen-bond acceptors (Lipinski definition) is 4. The normalized spacial score (nSPS) is 11.0. The lowest BCUT2D eigenvalue weighted by Gasteiger charge is -2.08. The number of rotatable bonds is 7. The van der Waals surface area contributed by atoms with Gasteiger partial charge in [0.15, 0.2) is 12.4 Å². The highest BCUT2D eigenvalue weighted by Gasteiger charge is 2.17. The third kappa shape index (κ3) is 4.98. The van der Waals surface area contributed by atoms with Crippen molar-refractivity contribution in [2.45, 2.75) is 40.7 Å². The van der Waals surface area contributed by atoms with E-state index in [1.807, 2.05) is 18.5 Å². The molecule has 25 heavy (non-hydrogen) atoms. The number of ether oxygens (including phenoxy) is 1. The Morgan fingerprint density at radius 2 is 1.84 bits per heavy atom. The first-order valence-corrected chi connectivity index (χ1v) is 8.25. The first-order chi connectivity index (χ1) is 11.8. The molecular weight excluding hydrogens is 323 g/mol. The van der Waals surface area contributed by atoms with Gasteiger partial charge in [0.1, 0.15) is 5.82 Å². The van der Waals surface area contributed by atoms with E-state index in [1.165, 1.54) is 24.3 Å². The third-order valence-electron chi connectivity index (χ3n) is 3.92. The van der Waals surface area contributed by atoms with Crippen LogP contribution in [0.5, 0.6) is 0 Å². The molecule has 5 nitrogen and oxygen atoms in total. The van der Waals surface area contributed by atoms with Crippen LogP contribution in [0.2, 0.25) is 0 Å². The van der Waals surface area contributed by atoms with Crippen molar-refractivity contribution < 1.29 is 18.7 Å². The van der Waals surface area contributed by atoms with E-state index in [2.05, 4.69) is 18.9 Å². The maximum Gasteiger partial charge on any atom is 0.310 e. The van der Waals surface area contributed by atoms with E-state index >= 15 is 0 Å². The highest BCUT2D eigenvalue weighted by molar-refractivity contribution is 5.97. The molecule has 0 atom stereocenters. The highest BCUT2D eigenvalue weighted by atomic mass is 19.1. The van der Waals surface area contributed by atoms with Crippen LogP contribution in [0.15, 0.2) is 24.3 Å². The second kappa shape index (κ2) is 8.05. The number of aryl methyl sites for hydroxylation is 1. The average molecular weight is 346 g/mol. The number of ketones is 1. The van der Waals surface area contributed by atoms with E-state index in [0.29, 0.717) is 11.5 Å². The van der Waals surface area contributed by atoms with Crippen molar-refractivity contribution in [3.05, 3.63) is 52.6 Å². The molecule has 0 bridgehead atoms. The highest BCUT2D eigenvalue weighted by Crippen LogP contribution is 2.16. The number of halogens is 1. The maximum atomic E-state index is 12.9. The van der Waals surface area contributed by atoms with Gasteiger partial charge < -0.3 is 4.74 Å². The van der Waals surface area contributed by atoms with E-state index in [1.54, 1.807) is 0 Å². The number of esters is 1. The predicted octanol–water partition coefficient (Wildman–Crippen LogP) is 3.26. The van der Waals surface area contributed by atoms with Gasteiger partial charge in [-0.2, -0.15) is 5.10 Å². The number of nitrogens with zero attached hydrogens (tertiary/aromatic N) is 2. The Labute approximate surface area is 146 Å². The van der Waals surface area contributed by atoms with Gasteiger partial charge in [0, 0.05) is 23.4 Å². The quantitative estimate of drug-likeness (QED) is 0.570. The van der Waals surface area contributed by atoms with E-state index in [-0.39, 0.29) is 18.8 Å². The minimum Gasteiger partial charge on any atom is -0.457 e. The SMILES string of the molecule is Cc1nn(CC(C)C)c(C)c1CC(=O)OCC(=O)c1ccc(F)cc1. The fourth-order valence-electron chi connectivity index (χ4n) is 2.57. The van der Waals surface area contributed by atoms with Crippen LogP contribution in [-0.4, -0.2) is 28.1 Å². The molecule has 0 saturated carbocycles. The van der Waals surface area contributed by atoms with Gasteiger partial charge in [0.25, 0.3) is 0 Å². The summed E-state index contributed by atoms with van der Waals surface area (Å²) >= 11 is 0. The summed E-state index contributed by atoms with van der Waals surface area (Å²) in [5, 5.41) is 4.46. The summed E-state index contributed by atoms with van der Waals surface area (Å²) in [7, 11) is 0. The molecule has 0 aliphatic carbocycles. The molecule has 0 N–H and O–H groups in total. The van der Waals surface area contributed by atoms with E-state index in [4.69, 9.17) is 4.74 Å². The summed E-state index contributed by atoms with van der Waals surface area (Å²) in [5.74, 6) is -0.813. The monoisotopic (exact) mass is 346 g/mol. The van der Waals surface area contributed by atoms with Gasteiger partial charge in [-0.25, -0.2) is 4.39 Å². The van der Waals surface area contributed by atoms with Crippen LogP contribution < -0.4 is 0 Å². The Bertz CT molecular complexity index is 764. The maximum absolute atomic E-state index is 12.9. The minimum absolute atomic E-state index is 0.0759. The summed E-state index contributed by atoms with van der Waals surface area (Å²) in [6, 6.07) is 5.14. The van der Waals surface area contributed by atoms with E-state index in [0.717, 1.165) is 23.5 Å². The van der Waals surface area contributed by atoms with Gasteiger partial charge >= 0.3 is 5.97 Å². The topological polar surface area (TPSA) is 61.2 Å². The second-order valence-corrected chi connectivity index (χ2v) is 6.49. The predicted molar refractivity (Wildman–Crippen MR) is 91.9 cm³/mol. The van der Waals surface area contributed by atoms with Gasteiger partial charge in [-0.15, -0.1) is 0 Å². The van der Waals surface area contributed by atoms with Gasteiger partial charge in [-0.3, -0.25) is 14.3 Å². The van der Waals surface area contributed by atoms with Crippen LogP contribution in [-0.2, 0) is 22.5 Å². The van der Waals surface area contributed by atoms with Crippen molar-refractivity contribution in [3.8, 4) is 0 Å². The van der Waals surface area contributed by atoms with Crippen molar-refractivity contribution in [1.82, 2.24) is 9.78 Å². The number of Topliss-reactive ketones (excluding diaryl/α,β-unsaturated/α-hetero) is 1. The summed E-state index contributed by atoms with van der Waals surface area (Å²) in [5.41, 5.74) is 2.87. The number of aromatic nitrogens is 2. The Morgan fingerprint density at radius 3 is 2.44 bits per heavy atom. The van der Waals surface area contributed by atoms with Crippen molar-refractivity contribution in [2.24, 2.45) is 5.92 Å². The van der Waals surface area contributed by atoms with Gasteiger partial charge in [-0.1, -0.05) is 13.8 Å². The first kappa shape index (κ1) is 18.8. The zero-order valence-corrected chi connectivity index (χ0v) is 15.0. The molecule has 2 aromatic rings. The number of carbonyl (C=O) groups excluding carboxylic acids is 2. The Kier molecular flexibility index (Phi) is 6.07. The van der Waals surface area contributed by atoms with Gasteiger partial charge in [0.2, 0.25) is 0 Å². The van der Waals surface area contributed by atoms with Crippen LogP contribution in [0.25, 0.3) is 0 Å². The van der Waals surface area contributed by atoms with Crippen LogP contribution in [0.3, 0.4) is 0 Å².